The number of hydrogen-bond donors (Lipinski definition) is 1. The third-order valence-electron chi connectivity index (χ3n) is 3.70. The van der Waals surface area contributed by atoms with Crippen LogP contribution in [0.25, 0.3) is 0 Å². The summed E-state index contributed by atoms with van der Waals surface area (Å²) < 4.78 is 43.9. The van der Waals surface area contributed by atoms with Crippen molar-refractivity contribution in [2.45, 2.75) is 6.18 Å². The van der Waals surface area contributed by atoms with E-state index in [2.05, 4.69) is 10.5 Å². The SMILES string of the molecule is O=C(NN=Cc1cccc(C(F)(F)F)c1)c1ccccc1Oc1ccccc1. The maximum absolute atomic E-state index is 12.7. The van der Waals surface area contributed by atoms with Gasteiger partial charge in [0, 0.05) is 0 Å². The van der Waals surface area contributed by atoms with E-state index < -0.39 is 17.6 Å². The lowest BCUT2D eigenvalue weighted by molar-refractivity contribution is -0.137. The van der Waals surface area contributed by atoms with Crippen LogP contribution in [-0.4, -0.2) is 12.1 Å². The number of halogens is 3. The maximum atomic E-state index is 12.7. The van der Waals surface area contributed by atoms with Crippen LogP contribution < -0.4 is 10.2 Å². The Bertz CT molecular complexity index is 986. The Labute approximate surface area is 159 Å². The van der Waals surface area contributed by atoms with Crippen molar-refractivity contribution in [2.24, 2.45) is 5.10 Å². The molecule has 0 unspecified atom stereocenters. The molecule has 0 bridgehead atoms. The van der Waals surface area contributed by atoms with Crippen LogP contribution in [0.1, 0.15) is 21.5 Å². The number of para-hydroxylation sites is 2. The molecule has 0 saturated carbocycles. The summed E-state index contributed by atoms with van der Waals surface area (Å²) in [5.74, 6) is 0.352. The van der Waals surface area contributed by atoms with Crippen molar-refractivity contribution in [3.05, 3.63) is 95.6 Å². The molecule has 0 spiro atoms. The van der Waals surface area contributed by atoms with E-state index in [4.69, 9.17) is 4.74 Å². The number of carbonyl (C=O) groups is 1. The number of alkyl halides is 3. The highest BCUT2D eigenvalue weighted by molar-refractivity contribution is 5.97. The van der Waals surface area contributed by atoms with Crippen LogP contribution in [0, 0.1) is 0 Å². The zero-order chi connectivity index (χ0) is 20.0. The molecular weight excluding hydrogens is 369 g/mol. The quantitative estimate of drug-likeness (QED) is 0.482. The van der Waals surface area contributed by atoms with Crippen molar-refractivity contribution < 1.29 is 22.7 Å². The van der Waals surface area contributed by atoms with E-state index in [-0.39, 0.29) is 11.1 Å². The number of ether oxygens (including phenoxy) is 1. The van der Waals surface area contributed by atoms with Crippen molar-refractivity contribution in [2.75, 3.05) is 0 Å². The first kappa shape index (κ1) is 19.2. The third kappa shape index (κ3) is 4.97. The zero-order valence-electron chi connectivity index (χ0n) is 14.5. The van der Waals surface area contributed by atoms with Crippen LogP contribution in [0.5, 0.6) is 11.5 Å². The van der Waals surface area contributed by atoms with E-state index in [0.717, 1.165) is 18.3 Å². The van der Waals surface area contributed by atoms with Crippen LogP contribution >= 0.6 is 0 Å². The predicted molar refractivity (Wildman–Crippen MR) is 99.5 cm³/mol. The van der Waals surface area contributed by atoms with Gasteiger partial charge in [-0.15, -0.1) is 0 Å². The Hall–Kier alpha value is -3.61. The number of hydrazone groups is 1. The number of nitrogens with one attached hydrogen (secondary N) is 1. The summed E-state index contributed by atoms with van der Waals surface area (Å²) in [6, 6.07) is 20.2. The highest BCUT2D eigenvalue weighted by Crippen LogP contribution is 2.29. The Morgan fingerprint density at radius 1 is 0.929 bits per heavy atom. The molecule has 3 rings (SSSR count). The Balaban J connectivity index is 1.71. The monoisotopic (exact) mass is 384 g/mol. The molecule has 0 aliphatic carbocycles. The number of carbonyl (C=O) groups excluding carboxylic acids is 1. The molecular formula is C21H15F3N2O2. The van der Waals surface area contributed by atoms with E-state index in [9.17, 15) is 18.0 Å². The fourth-order valence-electron chi connectivity index (χ4n) is 2.38. The summed E-state index contributed by atoms with van der Waals surface area (Å²) in [5, 5.41) is 3.74. The van der Waals surface area contributed by atoms with E-state index in [0.29, 0.717) is 11.5 Å². The highest BCUT2D eigenvalue weighted by Gasteiger charge is 2.30. The lowest BCUT2D eigenvalue weighted by atomic mass is 10.1. The topological polar surface area (TPSA) is 50.7 Å². The molecule has 28 heavy (non-hydrogen) atoms. The Kier molecular flexibility index (Phi) is 5.74. The van der Waals surface area contributed by atoms with E-state index in [1.165, 1.54) is 12.1 Å². The fourth-order valence-corrected chi connectivity index (χ4v) is 2.38. The molecule has 3 aromatic rings. The first-order valence-electron chi connectivity index (χ1n) is 8.26. The second kappa shape index (κ2) is 8.39. The smallest absolute Gasteiger partial charge is 0.416 e. The van der Waals surface area contributed by atoms with Gasteiger partial charge in [0.1, 0.15) is 11.5 Å². The van der Waals surface area contributed by atoms with Gasteiger partial charge in [0.2, 0.25) is 0 Å². The number of amides is 1. The number of benzene rings is 3. The molecule has 0 fully saturated rings. The summed E-state index contributed by atoms with van der Waals surface area (Å²) in [4.78, 5) is 12.4. The van der Waals surface area contributed by atoms with E-state index >= 15 is 0 Å². The van der Waals surface area contributed by atoms with Gasteiger partial charge in [0.05, 0.1) is 17.3 Å². The molecule has 1 amide bonds. The minimum absolute atomic E-state index is 0.212. The van der Waals surface area contributed by atoms with Gasteiger partial charge in [-0.1, -0.05) is 42.5 Å². The first-order valence-corrected chi connectivity index (χ1v) is 8.26. The standard InChI is InChI=1S/C21H15F3N2O2/c22-21(23,24)16-8-6-7-15(13-16)14-25-26-20(27)18-11-4-5-12-19(18)28-17-9-2-1-3-10-17/h1-14H,(H,26,27). The van der Waals surface area contributed by atoms with Gasteiger partial charge in [-0.2, -0.15) is 18.3 Å². The lowest BCUT2D eigenvalue weighted by Gasteiger charge is -2.10. The Morgan fingerprint density at radius 3 is 2.39 bits per heavy atom. The highest BCUT2D eigenvalue weighted by atomic mass is 19.4. The normalized spacial score (nSPS) is 11.4. The molecule has 3 aromatic carbocycles. The molecule has 142 valence electrons. The second-order valence-electron chi connectivity index (χ2n) is 5.73. The van der Waals surface area contributed by atoms with Gasteiger partial charge in [-0.3, -0.25) is 4.79 Å². The van der Waals surface area contributed by atoms with Crippen LogP contribution in [0.4, 0.5) is 13.2 Å². The summed E-state index contributed by atoms with van der Waals surface area (Å²) in [7, 11) is 0. The van der Waals surface area contributed by atoms with E-state index in [1.54, 1.807) is 48.5 Å². The predicted octanol–water partition coefficient (Wildman–Crippen LogP) is 5.26. The van der Waals surface area contributed by atoms with Crippen molar-refractivity contribution in [3.8, 4) is 11.5 Å². The summed E-state index contributed by atoms with van der Waals surface area (Å²) >= 11 is 0. The largest absolute Gasteiger partial charge is 0.457 e. The molecule has 0 heterocycles. The molecule has 1 N–H and O–H groups in total. The minimum Gasteiger partial charge on any atom is -0.457 e. The average Bonchev–Trinajstić information content (AvgIpc) is 2.69. The summed E-state index contributed by atoms with van der Waals surface area (Å²) in [6.45, 7) is 0. The third-order valence-corrected chi connectivity index (χ3v) is 3.70. The first-order chi connectivity index (χ1) is 13.4. The van der Waals surface area contributed by atoms with Gasteiger partial charge in [-0.05, 0) is 42.0 Å². The van der Waals surface area contributed by atoms with Crippen molar-refractivity contribution in [3.63, 3.8) is 0 Å². The van der Waals surface area contributed by atoms with Gasteiger partial charge >= 0.3 is 6.18 Å². The Morgan fingerprint density at radius 2 is 1.64 bits per heavy atom. The molecule has 0 saturated heterocycles. The van der Waals surface area contributed by atoms with Crippen LogP contribution in [-0.2, 0) is 6.18 Å². The van der Waals surface area contributed by atoms with Crippen molar-refractivity contribution in [1.29, 1.82) is 0 Å². The van der Waals surface area contributed by atoms with Crippen molar-refractivity contribution >= 4 is 12.1 Å². The molecule has 4 nitrogen and oxygen atoms in total. The molecule has 0 radical (unpaired) electrons. The number of rotatable bonds is 5. The minimum atomic E-state index is -4.44. The molecule has 0 atom stereocenters. The fraction of sp³-hybridized carbons (Fsp3) is 0.0476. The average molecular weight is 384 g/mol. The molecule has 7 heteroatoms. The lowest BCUT2D eigenvalue weighted by Crippen LogP contribution is -2.18. The van der Waals surface area contributed by atoms with Gasteiger partial charge in [0.15, 0.2) is 0 Å². The number of nitrogens with zero attached hydrogens (tertiary/aromatic N) is 1. The van der Waals surface area contributed by atoms with Crippen LogP contribution in [0.3, 0.4) is 0 Å². The molecule has 0 aliphatic rings. The molecule has 0 aliphatic heterocycles. The van der Waals surface area contributed by atoms with Crippen LogP contribution in [0.2, 0.25) is 0 Å². The van der Waals surface area contributed by atoms with Gasteiger partial charge in [-0.25, -0.2) is 5.43 Å². The van der Waals surface area contributed by atoms with Gasteiger partial charge < -0.3 is 4.74 Å². The van der Waals surface area contributed by atoms with Crippen molar-refractivity contribution in [1.82, 2.24) is 5.43 Å². The number of hydrogen-bond acceptors (Lipinski definition) is 3. The van der Waals surface area contributed by atoms with E-state index in [1.807, 2.05) is 6.07 Å². The molecule has 0 aromatic heterocycles. The second-order valence-corrected chi connectivity index (χ2v) is 5.73. The van der Waals surface area contributed by atoms with Gasteiger partial charge in [0.25, 0.3) is 5.91 Å². The van der Waals surface area contributed by atoms with Crippen LogP contribution in [0.15, 0.2) is 84.0 Å². The zero-order valence-corrected chi connectivity index (χ0v) is 14.5. The maximum Gasteiger partial charge on any atom is 0.416 e. The summed E-state index contributed by atoms with van der Waals surface area (Å²) in [5.41, 5.74) is 1.97. The summed E-state index contributed by atoms with van der Waals surface area (Å²) in [6.07, 6.45) is -3.30.